The summed E-state index contributed by atoms with van der Waals surface area (Å²) in [6.45, 7) is 3.45. The summed E-state index contributed by atoms with van der Waals surface area (Å²) >= 11 is 0. The van der Waals surface area contributed by atoms with Gasteiger partial charge in [-0.05, 0) is 12.8 Å². The predicted octanol–water partition coefficient (Wildman–Crippen LogP) is 10.9. The van der Waals surface area contributed by atoms with Crippen molar-refractivity contribution in [3.05, 3.63) is 0 Å². The van der Waals surface area contributed by atoms with Crippen LogP contribution >= 0.6 is 0 Å². The first-order valence-electron chi connectivity index (χ1n) is 25.9. The molecule has 13 heteroatoms. The molecule has 1 aliphatic heterocycles. The molecular formula is C49H97NO11S. The zero-order valence-corrected chi connectivity index (χ0v) is 40.5. The predicted molar refractivity (Wildman–Crippen MR) is 250 cm³/mol. The molecule has 0 radical (unpaired) electrons. The maximum Gasteiger partial charge on any atom is 0.397 e. The van der Waals surface area contributed by atoms with Crippen LogP contribution in [0.25, 0.3) is 0 Å². The number of rotatable bonds is 45. The lowest BCUT2D eigenvalue weighted by molar-refractivity contribution is -0.298. The van der Waals surface area contributed by atoms with Gasteiger partial charge in [0, 0.05) is 6.42 Å². The molecule has 370 valence electrons. The van der Waals surface area contributed by atoms with Gasteiger partial charge in [-0.25, -0.2) is 4.18 Å². The lowest BCUT2D eigenvalue weighted by Crippen LogP contribution is -2.61. The molecule has 1 heterocycles. The molecule has 0 aromatic heterocycles. The van der Waals surface area contributed by atoms with E-state index in [0.717, 1.165) is 51.4 Å². The van der Waals surface area contributed by atoms with Gasteiger partial charge in [0.25, 0.3) is 0 Å². The first-order chi connectivity index (χ1) is 30.0. The van der Waals surface area contributed by atoms with Gasteiger partial charge < -0.3 is 35.2 Å². The largest absolute Gasteiger partial charge is 0.397 e. The molecule has 1 saturated heterocycles. The van der Waals surface area contributed by atoms with E-state index >= 15 is 0 Å². The van der Waals surface area contributed by atoms with Crippen LogP contribution in [0.2, 0.25) is 0 Å². The summed E-state index contributed by atoms with van der Waals surface area (Å²) in [6.07, 6.45) is 35.5. The molecule has 0 aromatic rings. The van der Waals surface area contributed by atoms with Crippen molar-refractivity contribution in [1.29, 1.82) is 0 Å². The van der Waals surface area contributed by atoms with Crippen LogP contribution < -0.4 is 5.32 Å². The van der Waals surface area contributed by atoms with Gasteiger partial charge in [-0.3, -0.25) is 9.35 Å². The SMILES string of the molecule is CCCCCCCCCCCCCCCCCCCCCCCCCCCC(O)C(COC1OC(CO)C(O)C(OS(=O)(=O)O)C1O)NC(=O)CCCCCCCCCCCC. The quantitative estimate of drug-likeness (QED) is 0.0252. The Hall–Kier alpha value is -0.900. The van der Waals surface area contributed by atoms with Gasteiger partial charge in [-0.15, -0.1) is 0 Å². The monoisotopic (exact) mass is 908 g/mol. The summed E-state index contributed by atoms with van der Waals surface area (Å²) in [5, 5.41) is 44.9. The van der Waals surface area contributed by atoms with Crippen LogP contribution in [0.4, 0.5) is 0 Å². The first kappa shape index (κ1) is 59.1. The van der Waals surface area contributed by atoms with Gasteiger partial charge >= 0.3 is 10.4 Å². The number of ether oxygens (including phenoxy) is 2. The number of aliphatic hydroxyl groups excluding tert-OH is 4. The van der Waals surface area contributed by atoms with Crippen LogP contribution in [0, 0.1) is 0 Å². The maximum atomic E-state index is 13.0. The molecule has 1 rings (SSSR count). The fourth-order valence-electron chi connectivity index (χ4n) is 8.64. The minimum absolute atomic E-state index is 0.228. The van der Waals surface area contributed by atoms with Gasteiger partial charge in [0.15, 0.2) is 6.29 Å². The molecule has 7 atom stereocenters. The zero-order chi connectivity index (χ0) is 45.5. The molecule has 0 bridgehead atoms. The van der Waals surface area contributed by atoms with E-state index in [0.29, 0.717) is 12.8 Å². The number of carbonyl (C=O) groups is 1. The van der Waals surface area contributed by atoms with Crippen molar-refractivity contribution in [2.45, 2.75) is 294 Å². The summed E-state index contributed by atoms with van der Waals surface area (Å²) < 4.78 is 47.7. The number of amides is 1. The summed E-state index contributed by atoms with van der Waals surface area (Å²) in [6, 6.07) is -0.851. The molecule has 1 aliphatic rings. The molecule has 12 nitrogen and oxygen atoms in total. The second-order valence-electron chi connectivity index (χ2n) is 18.5. The van der Waals surface area contributed by atoms with Crippen molar-refractivity contribution in [2.24, 2.45) is 0 Å². The van der Waals surface area contributed by atoms with Crippen LogP contribution in [0.5, 0.6) is 0 Å². The molecular weight excluding hydrogens is 811 g/mol. The standard InChI is InChI=1S/C49H97NO11S/c1-3-5-7-9-11-13-15-16-17-18-19-20-21-22-23-24-25-26-27-28-29-30-32-34-36-38-43(52)42(50-45(53)39-37-35-33-31-14-12-10-8-6-4-2)41-59-49-47(55)48(61-62(56,57)58)46(54)44(40-51)60-49/h42-44,46-49,51-52,54-55H,3-41H2,1-2H3,(H,50,53)(H,56,57,58). The van der Waals surface area contributed by atoms with Gasteiger partial charge in [-0.1, -0.05) is 232 Å². The topological polar surface area (TPSA) is 192 Å². The molecule has 1 amide bonds. The Balaban J connectivity index is 2.32. The average molecular weight is 908 g/mol. The highest BCUT2D eigenvalue weighted by Crippen LogP contribution is 2.26. The van der Waals surface area contributed by atoms with E-state index in [1.165, 1.54) is 173 Å². The smallest absolute Gasteiger partial charge is 0.394 e. The van der Waals surface area contributed by atoms with E-state index in [1.807, 2.05) is 0 Å². The molecule has 0 aliphatic carbocycles. The minimum atomic E-state index is -5.07. The van der Waals surface area contributed by atoms with E-state index in [9.17, 15) is 38.2 Å². The van der Waals surface area contributed by atoms with Crippen LogP contribution in [0.15, 0.2) is 0 Å². The van der Waals surface area contributed by atoms with Crippen LogP contribution in [0.3, 0.4) is 0 Å². The van der Waals surface area contributed by atoms with E-state index < -0.39 is 59.9 Å². The van der Waals surface area contributed by atoms with Crippen LogP contribution in [-0.4, -0.2) is 95.4 Å². The number of aliphatic hydroxyl groups is 4. The Morgan fingerprint density at radius 2 is 0.935 bits per heavy atom. The van der Waals surface area contributed by atoms with Crippen LogP contribution in [-0.2, 0) is 28.9 Å². The number of carbonyl (C=O) groups excluding carboxylic acids is 1. The number of hydrogen-bond acceptors (Lipinski definition) is 10. The number of hydrogen-bond donors (Lipinski definition) is 6. The Morgan fingerprint density at radius 1 is 0.581 bits per heavy atom. The van der Waals surface area contributed by atoms with Gasteiger partial charge in [-0.2, -0.15) is 8.42 Å². The van der Waals surface area contributed by atoms with Gasteiger partial charge in [0.2, 0.25) is 5.91 Å². The Kier molecular flexibility index (Phi) is 38.5. The third-order valence-electron chi connectivity index (χ3n) is 12.7. The highest BCUT2D eigenvalue weighted by Gasteiger charge is 2.48. The summed E-state index contributed by atoms with van der Waals surface area (Å²) in [7, 11) is -5.07. The number of unbranched alkanes of at least 4 members (excludes halogenated alkanes) is 33. The van der Waals surface area contributed by atoms with Crippen molar-refractivity contribution in [1.82, 2.24) is 5.32 Å². The summed E-state index contributed by atoms with van der Waals surface area (Å²) in [5.74, 6) is -0.228. The maximum absolute atomic E-state index is 13.0. The normalized spacial score (nSPS) is 20.4. The molecule has 62 heavy (non-hydrogen) atoms. The lowest BCUT2D eigenvalue weighted by atomic mass is 9.99. The Bertz CT molecular complexity index is 1120. The fraction of sp³-hybridized carbons (Fsp3) is 0.980. The van der Waals surface area contributed by atoms with Crippen molar-refractivity contribution in [3.63, 3.8) is 0 Å². The van der Waals surface area contributed by atoms with E-state index in [2.05, 4.69) is 23.3 Å². The second kappa shape index (κ2) is 40.4. The van der Waals surface area contributed by atoms with Gasteiger partial charge in [0.1, 0.15) is 24.4 Å². The highest BCUT2D eigenvalue weighted by molar-refractivity contribution is 7.80. The average Bonchev–Trinajstić information content (AvgIpc) is 3.24. The molecule has 6 N–H and O–H groups in total. The van der Waals surface area contributed by atoms with Crippen molar-refractivity contribution >= 4 is 16.3 Å². The van der Waals surface area contributed by atoms with E-state index in [-0.39, 0.29) is 12.5 Å². The molecule has 0 spiro atoms. The van der Waals surface area contributed by atoms with E-state index in [4.69, 9.17) is 9.47 Å². The molecule has 0 saturated carbocycles. The molecule has 7 unspecified atom stereocenters. The van der Waals surface area contributed by atoms with Crippen molar-refractivity contribution in [2.75, 3.05) is 13.2 Å². The minimum Gasteiger partial charge on any atom is -0.394 e. The lowest BCUT2D eigenvalue weighted by Gasteiger charge is -2.41. The number of nitrogens with one attached hydrogen (secondary N) is 1. The van der Waals surface area contributed by atoms with Crippen LogP contribution in [0.1, 0.15) is 251 Å². The van der Waals surface area contributed by atoms with Gasteiger partial charge in [0.05, 0.1) is 25.4 Å². The van der Waals surface area contributed by atoms with Crippen molar-refractivity contribution < 1.29 is 51.8 Å². The van der Waals surface area contributed by atoms with Crippen molar-refractivity contribution in [3.8, 4) is 0 Å². The highest BCUT2D eigenvalue weighted by atomic mass is 32.3. The summed E-state index contributed by atoms with van der Waals surface area (Å²) in [4.78, 5) is 13.0. The fourth-order valence-corrected chi connectivity index (χ4v) is 9.15. The summed E-state index contributed by atoms with van der Waals surface area (Å²) in [5.41, 5.74) is 0. The zero-order valence-electron chi connectivity index (χ0n) is 39.7. The van der Waals surface area contributed by atoms with E-state index in [1.54, 1.807) is 0 Å². The third-order valence-corrected chi connectivity index (χ3v) is 13.1. The first-order valence-corrected chi connectivity index (χ1v) is 27.3. The second-order valence-corrected chi connectivity index (χ2v) is 19.5. The Labute approximate surface area is 379 Å². The molecule has 1 fully saturated rings. The molecule has 0 aromatic carbocycles. The third kappa shape index (κ3) is 32.7. The Morgan fingerprint density at radius 3 is 1.29 bits per heavy atom.